The zero-order valence-electron chi connectivity index (χ0n) is 8.73. The van der Waals surface area contributed by atoms with Crippen LogP contribution in [0.2, 0.25) is 0 Å². The van der Waals surface area contributed by atoms with Crippen LogP contribution in [-0.4, -0.2) is 9.55 Å². The minimum absolute atomic E-state index is 0.681. The molecule has 0 N–H and O–H groups in total. The molecular weight excluding hydrogens is 186 g/mol. The van der Waals surface area contributed by atoms with Gasteiger partial charge in [0, 0.05) is 12.6 Å². The smallest absolute Gasteiger partial charge is 0.105 e. The molecule has 2 aromatic rings. The molecule has 15 heavy (non-hydrogen) atoms. The van der Waals surface area contributed by atoms with Gasteiger partial charge in [0.05, 0.1) is 23.5 Å². The first-order chi connectivity index (χ1) is 7.24. The normalized spacial score (nSPS) is 9.93. The van der Waals surface area contributed by atoms with Gasteiger partial charge in [-0.2, -0.15) is 5.26 Å². The molecule has 0 radical (unpaired) electrons. The van der Waals surface area contributed by atoms with Crippen molar-refractivity contribution in [3.63, 3.8) is 0 Å². The summed E-state index contributed by atoms with van der Waals surface area (Å²) in [5.41, 5.74) is 2.59. The number of aryl methyl sites for hydroxylation is 1. The van der Waals surface area contributed by atoms with Gasteiger partial charge in [0.25, 0.3) is 0 Å². The highest BCUT2D eigenvalue weighted by Gasteiger charge is 2.08. The summed E-state index contributed by atoms with van der Waals surface area (Å²) in [7, 11) is 1.95. The maximum atomic E-state index is 9.00. The van der Waals surface area contributed by atoms with Gasteiger partial charge in [-0.05, 0) is 13.0 Å². The highest BCUT2D eigenvalue weighted by molar-refractivity contribution is 5.67. The van der Waals surface area contributed by atoms with Crippen molar-refractivity contribution in [2.75, 3.05) is 0 Å². The van der Waals surface area contributed by atoms with Gasteiger partial charge < -0.3 is 4.57 Å². The van der Waals surface area contributed by atoms with Crippen LogP contribution >= 0.6 is 0 Å². The minimum atomic E-state index is 0.681. The molecular formula is C12H11N3. The molecule has 0 bridgehead atoms. The maximum absolute atomic E-state index is 9.00. The number of imidazole rings is 1. The summed E-state index contributed by atoms with van der Waals surface area (Å²) in [6.45, 7) is 1.94. The van der Waals surface area contributed by atoms with Gasteiger partial charge in [-0.15, -0.1) is 0 Å². The third kappa shape index (κ3) is 1.50. The van der Waals surface area contributed by atoms with E-state index in [2.05, 4.69) is 11.1 Å². The van der Waals surface area contributed by atoms with E-state index in [0.29, 0.717) is 5.56 Å². The van der Waals surface area contributed by atoms with Crippen molar-refractivity contribution in [3.8, 4) is 17.3 Å². The number of benzene rings is 1. The predicted molar refractivity (Wildman–Crippen MR) is 58.1 cm³/mol. The quantitative estimate of drug-likeness (QED) is 0.703. The van der Waals surface area contributed by atoms with Gasteiger partial charge in [-0.25, -0.2) is 4.98 Å². The molecule has 2 rings (SSSR count). The number of rotatable bonds is 1. The molecule has 3 heteroatoms. The average molecular weight is 197 g/mol. The van der Waals surface area contributed by atoms with Gasteiger partial charge in [-0.3, -0.25) is 0 Å². The molecule has 3 nitrogen and oxygen atoms in total. The average Bonchev–Trinajstić information content (AvgIpc) is 2.60. The molecule has 0 spiro atoms. The Kier molecular flexibility index (Phi) is 2.26. The van der Waals surface area contributed by atoms with Gasteiger partial charge in [0.1, 0.15) is 5.82 Å². The SMILES string of the molecule is Cc1ncc(-c2ccccc2C#N)n1C. The van der Waals surface area contributed by atoms with Crippen LogP contribution in [0.5, 0.6) is 0 Å². The van der Waals surface area contributed by atoms with E-state index in [9.17, 15) is 0 Å². The lowest BCUT2D eigenvalue weighted by Gasteiger charge is -2.05. The summed E-state index contributed by atoms with van der Waals surface area (Å²) >= 11 is 0. The lowest BCUT2D eigenvalue weighted by molar-refractivity contribution is 0.865. The molecule has 1 aromatic carbocycles. The monoisotopic (exact) mass is 197 g/mol. The van der Waals surface area contributed by atoms with E-state index >= 15 is 0 Å². The molecule has 0 fully saturated rings. The minimum Gasteiger partial charge on any atom is -0.331 e. The molecule has 0 aliphatic carbocycles. The van der Waals surface area contributed by atoms with E-state index in [4.69, 9.17) is 5.26 Å². The van der Waals surface area contributed by atoms with E-state index in [1.807, 2.05) is 42.8 Å². The first kappa shape index (κ1) is 9.47. The largest absolute Gasteiger partial charge is 0.331 e. The Balaban J connectivity index is 2.65. The highest BCUT2D eigenvalue weighted by Crippen LogP contribution is 2.22. The number of aromatic nitrogens is 2. The van der Waals surface area contributed by atoms with Crippen molar-refractivity contribution in [2.45, 2.75) is 6.92 Å². The molecule has 0 saturated carbocycles. The van der Waals surface area contributed by atoms with Crippen molar-refractivity contribution in [3.05, 3.63) is 41.9 Å². The van der Waals surface area contributed by atoms with Gasteiger partial charge >= 0.3 is 0 Å². The number of nitriles is 1. The van der Waals surface area contributed by atoms with Gasteiger partial charge in [-0.1, -0.05) is 18.2 Å². The van der Waals surface area contributed by atoms with Crippen LogP contribution < -0.4 is 0 Å². The first-order valence-electron chi connectivity index (χ1n) is 4.72. The highest BCUT2D eigenvalue weighted by atomic mass is 15.0. The van der Waals surface area contributed by atoms with Gasteiger partial charge in [0.2, 0.25) is 0 Å². The number of nitrogens with zero attached hydrogens (tertiary/aromatic N) is 3. The Bertz CT molecular complexity index is 532. The Morgan fingerprint density at radius 1 is 1.33 bits per heavy atom. The lowest BCUT2D eigenvalue weighted by atomic mass is 10.1. The Morgan fingerprint density at radius 2 is 2.07 bits per heavy atom. The third-order valence-electron chi connectivity index (χ3n) is 2.54. The summed E-state index contributed by atoms with van der Waals surface area (Å²) in [5, 5.41) is 9.00. The van der Waals surface area contributed by atoms with Crippen molar-refractivity contribution in [1.82, 2.24) is 9.55 Å². The topological polar surface area (TPSA) is 41.6 Å². The summed E-state index contributed by atoms with van der Waals surface area (Å²) in [4.78, 5) is 4.22. The molecule has 0 saturated heterocycles. The number of hydrogen-bond donors (Lipinski definition) is 0. The first-order valence-corrected chi connectivity index (χ1v) is 4.72. The standard InChI is InChI=1S/C12H11N3/c1-9-14-8-12(15(9)2)11-6-4-3-5-10(11)7-13/h3-6,8H,1-2H3. The molecule has 0 atom stereocenters. The fourth-order valence-electron chi connectivity index (χ4n) is 1.56. The van der Waals surface area contributed by atoms with Crippen molar-refractivity contribution >= 4 is 0 Å². The van der Waals surface area contributed by atoms with Crippen LogP contribution in [0.3, 0.4) is 0 Å². The second-order valence-electron chi connectivity index (χ2n) is 3.41. The van der Waals surface area contributed by atoms with Crippen LogP contribution in [0.15, 0.2) is 30.5 Å². The zero-order chi connectivity index (χ0) is 10.8. The molecule has 1 aromatic heterocycles. The maximum Gasteiger partial charge on any atom is 0.105 e. The van der Waals surface area contributed by atoms with Crippen LogP contribution in [0.25, 0.3) is 11.3 Å². The Hall–Kier alpha value is -2.08. The third-order valence-corrected chi connectivity index (χ3v) is 2.54. The van der Waals surface area contributed by atoms with Crippen LogP contribution in [-0.2, 0) is 7.05 Å². The Labute approximate surface area is 88.6 Å². The fourth-order valence-corrected chi connectivity index (χ4v) is 1.56. The fraction of sp³-hybridized carbons (Fsp3) is 0.167. The summed E-state index contributed by atoms with van der Waals surface area (Å²) < 4.78 is 1.98. The van der Waals surface area contributed by atoms with E-state index in [1.54, 1.807) is 6.20 Å². The van der Waals surface area contributed by atoms with Crippen LogP contribution in [0.4, 0.5) is 0 Å². The summed E-state index contributed by atoms with van der Waals surface area (Å²) in [6.07, 6.45) is 1.80. The number of hydrogen-bond acceptors (Lipinski definition) is 2. The Morgan fingerprint density at radius 3 is 2.67 bits per heavy atom. The molecule has 0 aliphatic heterocycles. The van der Waals surface area contributed by atoms with Crippen molar-refractivity contribution < 1.29 is 0 Å². The molecule has 0 aliphatic rings. The van der Waals surface area contributed by atoms with E-state index in [1.165, 1.54) is 0 Å². The second-order valence-corrected chi connectivity index (χ2v) is 3.41. The van der Waals surface area contributed by atoms with Crippen LogP contribution in [0.1, 0.15) is 11.4 Å². The zero-order valence-corrected chi connectivity index (χ0v) is 8.73. The second kappa shape index (κ2) is 3.58. The molecule has 0 unspecified atom stereocenters. The van der Waals surface area contributed by atoms with E-state index < -0.39 is 0 Å². The molecule has 74 valence electrons. The van der Waals surface area contributed by atoms with Gasteiger partial charge in [0.15, 0.2) is 0 Å². The van der Waals surface area contributed by atoms with E-state index in [0.717, 1.165) is 17.1 Å². The van der Waals surface area contributed by atoms with Crippen LogP contribution in [0, 0.1) is 18.3 Å². The lowest BCUT2D eigenvalue weighted by Crippen LogP contribution is -1.95. The summed E-state index contributed by atoms with van der Waals surface area (Å²) in [5.74, 6) is 0.942. The molecule has 0 amide bonds. The van der Waals surface area contributed by atoms with Crippen molar-refractivity contribution in [1.29, 1.82) is 5.26 Å². The van der Waals surface area contributed by atoms with E-state index in [-0.39, 0.29) is 0 Å². The van der Waals surface area contributed by atoms with Crippen molar-refractivity contribution in [2.24, 2.45) is 7.05 Å². The predicted octanol–water partition coefficient (Wildman–Crippen LogP) is 2.27. The molecule has 1 heterocycles. The summed E-state index contributed by atoms with van der Waals surface area (Å²) in [6, 6.07) is 9.74.